The van der Waals surface area contributed by atoms with Gasteiger partial charge in [-0.1, -0.05) is 86.7 Å². The molecule has 310 valence electrons. The van der Waals surface area contributed by atoms with Crippen LogP contribution in [0.15, 0.2) is 97.4 Å². The van der Waals surface area contributed by atoms with Gasteiger partial charge in [0.25, 0.3) is 0 Å². The van der Waals surface area contributed by atoms with Crippen LogP contribution in [0.4, 0.5) is 4.79 Å². The van der Waals surface area contributed by atoms with Crippen LogP contribution in [0.5, 0.6) is 0 Å². The highest BCUT2D eigenvalue weighted by molar-refractivity contribution is 5.91. The number of hydrogen-bond donors (Lipinski definition) is 3. The van der Waals surface area contributed by atoms with E-state index in [4.69, 9.17) is 16.1 Å². The fourth-order valence-electron chi connectivity index (χ4n) is 8.27. The van der Waals surface area contributed by atoms with Gasteiger partial charge >= 0.3 is 6.09 Å². The third kappa shape index (κ3) is 9.22. The van der Waals surface area contributed by atoms with Gasteiger partial charge in [0.1, 0.15) is 23.7 Å². The lowest BCUT2D eigenvalue weighted by Gasteiger charge is -2.30. The Morgan fingerprint density at radius 3 is 2.43 bits per heavy atom. The van der Waals surface area contributed by atoms with Crippen molar-refractivity contribution in [2.45, 2.75) is 70.1 Å². The molecule has 1 aliphatic carbocycles. The summed E-state index contributed by atoms with van der Waals surface area (Å²) >= 11 is 0. The van der Waals surface area contributed by atoms with Crippen molar-refractivity contribution in [3.05, 3.63) is 126 Å². The van der Waals surface area contributed by atoms with Gasteiger partial charge in [0.2, 0.25) is 11.8 Å². The fourth-order valence-corrected chi connectivity index (χ4v) is 8.27. The summed E-state index contributed by atoms with van der Waals surface area (Å²) in [6.45, 7) is 5.19. The van der Waals surface area contributed by atoms with Gasteiger partial charge in [0, 0.05) is 42.9 Å². The highest BCUT2D eigenvalue weighted by Crippen LogP contribution is 2.35. The minimum absolute atomic E-state index is 0.0244. The summed E-state index contributed by atoms with van der Waals surface area (Å²) in [6.07, 6.45) is 18.3. The maximum absolute atomic E-state index is 13.9. The number of nitrogens with zero attached hydrogens (tertiary/aromatic N) is 5. The van der Waals surface area contributed by atoms with Crippen molar-refractivity contribution in [2.24, 2.45) is 5.92 Å². The van der Waals surface area contributed by atoms with E-state index >= 15 is 0 Å². The number of carbonyl (C=O) groups excluding carboxylic acids is 3. The first-order valence-electron chi connectivity index (χ1n) is 20.6. The van der Waals surface area contributed by atoms with Crippen molar-refractivity contribution in [1.82, 2.24) is 40.0 Å². The zero-order valence-corrected chi connectivity index (χ0v) is 35.0. The number of nitrogens with one attached hydrogen (secondary N) is 3. The van der Waals surface area contributed by atoms with Crippen LogP contribution >= 0.6 is 0 Å². The molecular formula is C48H54N8O4. The number of methoxy groups -OCH3 is 1. The number of imidazole rings is 2. The average Bonchev–Trinajstić information content (AvgIpc) is 4.06. The summed E-state index contributed by atoms with van der Waals surface area (Å²) in [5, 5.41) is 4.95. The van der Waals surface area contributed by atoms with Crippen LogP contribution < -0.4 is 5.32 Å². The molecule has 5 aromatic rings. The van der Waals surface area contributed by atoms with Crippen LogP contribution in [0.25, 0.3) is 27.6 Å². The van der Waals surface area contributed by atoms with E-state index in [-0.39, 0.29) is 29.7 Å². The van der Waals surface area contributed by atoms with Crippen LogP contribution in [-0.4, -0.2) is 92.9 Å². The SMILES string of the molecule is C#CCCN(Cc1ncc(-c2ccc3cc(C4=CC[C@@H](c5cnc([C@@H]6CCCN6C(=O)[C@@H](NC(=O)OC)C(C)C)[nH]5)C=C4)ccc3c2)[nH]1)C(=O)C(c1ccccc1)N(C)C. The molecule has 60 heavy (non-hydrogen) atoms. The van der Waals surface area contributed by atoms with Crippen molar-refractivity contribution in [1.29, 1.82) is 0 Å². The molecule has 2 aromatic heterocycles. The van der Waals surface area contributed by atoms with Gasteiger partial charge in [0.15, 0.2) is 0 Å². The Bertz CT molecular complexity index is 2420. The van der Waals surface area contributed by atoms with Crippen LogP contribution in [-0.2, 0) is 20.9 Å². The number of likely N-dealkylation sites (tertiary alicyclic amines) is 1. The van der Waals surface area contributed by atoms with E-state index in [1.807, 2.05) is 80.5 Å². The number of amides is 3. The molecule has 4 atom stereocenters. The van der Waals surface area contributed by atoms with E-state index in [2.05, 4.69) is 80.8 Å². The Hall–Kier alpha value is -6.45. The minimum Gasteiger partial charge on any atom is -0.453 e. The molecule has 0 radical (unpaired) electrons. The normalized spacial score (nSPS) is 17.4. The maximum atomic E-state index is 13.9. The van der Waals surface area contributed by atoms with Gasteiger partial charge in [-0.3, -0.25) is 14.5 Å². The molecule has 3 heterocycles. The number of allylic oxidation sites excluding steroid dienone is 4. The second-order valence-electron chi connectivity index (χ2n) is 16.1. The van der Waals surface area contributed by atoms with Crippen LogP contribution in [0, 0.1) is 18.3 Å². The van der Waals surface area contributed by atoms with E-state index in [1.165, 1.54) is 7.11 Å². The first-order chi connectivity index (χ1) is 29.0. The summed E-state index contributed by atoms with van der Waals surface area (Å²) in [5.74, 6) is 4.04. The molecule has 12 heteroatoms. The third-order valence-corrected chi connectivity index (χ3v) is 11.5. The Kier molecular flexibility index (Phi) is 13.0. The molecular weight excluding hydrogens is 753 g/mol. The lowest BCUT2D eigenvalue weighted by atomic mass is 9.90. The molecule has 0 saturated carbocycles. The first kappa shape index (κ1) is 41.7. The summed E-state index contributed by atoms with van der Waals surface area (Å²) in [6, 6.07) is 21.4. The third-order valence-electron chi connectivity index (χ3n) is 11.5. The van der Waals surface area contributed by atoms with Gasteiger partial charge in [-0.25, -0.2) is 14.8 Å². The van der Waals surface area contributed by atoms with Crippen molar-refractivity contribution < 1.29 is 19.1 Å². The van der Waals surface area contributed by atoms with Gasteiger partial charge < -0.3 is 29.8 Å². The molecule has 0 spiro atoms. The number of benzene rings is 3. The number of aromatic nitrogens is 4. The standard InChI is InChI=1S/C48H54N8O4/c1-7-8-24-55(47(58)44(54(4)5)34-13-10-9-11-14-34)30-42-49-28-40(51-42)38-23-22-36-26-35(20-21-37(36)27-38)32-16-18-33(19-17-32)39-29-50-45(52-39)41-15-12-25-56(41)46(57)43(31(2)3)53-48(59)60-6/h1,9-11,13-14,16-18,20-23,26-29,31,33,41,43-44H,8,12,15,19,24-25,30H2,2-6H3,(H,49,51)(H,50,52)(H,53,59)/t33-,41-,43-,44?/m0/s1. The van der Waals surface area contributed by atoms with Crippen molar-refractivity contribution >= 4 is 34.3 Å². The highest BCUT2D eigenvalue weighted by Gasteiger charge is 2.38. The zero-order valence-electron chi connectivity index (χ0n) is 35.0. The van der Waals surface area contributed by atoms with Crippen LogP contribution in [0.1, 0.15) is 86.0 Å². The van der Waals surface area contributed by atoms with E-state index in [0.29, 0.717) is 31.9 Å². The second-order valence-corrected chi connectivity index (χ2v) is 16.1. The Labute approximate surface area is 352 Å². The van der Waals surface area contributed by atoms with Crippen molar-refractivity contribution in [3.63, 3.8) is 0 Å². The Morgan fingerprint density at radius 2 is 1.75 bits per heavy atom. The van der Waals surface area contributed by atoms with E-state index in [1.54, 1.807) is 4.90 Å². The number of rotatable bonds is 14. The molecule has 1 unspecified atom stereocenters. The average molecular weight is 807 g/mol. The number of aromatic amines is 2. The maximum Gasteiger partial charge on any atom is 0.407 e. The molecule has 3 N–H and O–H groups in total. The monoisotopic (exact) mass is 806 g/mol. The van der Waals surface area contributed by atoms with E-state index in [0.717, 1.165) is 69.5 Å². The number of terminal acetylenes is 1. The number of likely N-dealkylation sites (N-methyl/N-ethyl adjacent to an activating group) is 1. The number of hydrogen-bond acceptors (Lipinski definition) is 7. The molecule has 1 fully saturated rings. The molecule has 0 bridgehead atoms. The number of ether oxygens (including phenoxy) is 1. The fraction of sp³-hybridized carbons (Fsp3) is 0.354. The van der Waals surface area contributed by atoms with Gasteiger partial charge in [-0.05, 0) is 78.9 Å². The molecule has 1 saturated heterocycles. The summed E-state index contributed by atoms with van der Waals surface area (Å²) in [4.78, 5) is 61.4. The summed E-state index contributed by atoms with van der Waals surface area (Å²) < 4.78 is 4.77. The topological polar surface area (TPSA) is 140 Å². The minimum atomic E-state index is -0.673. The zero-order chi connectivity index (χ0) is 42.3. The van der Waals surface area contributed by atoms with E-state index in [9.17, 15) is 14.4 Å². The van der Waals surface area contributed by atoms with Gasteiger partial charge in [-0.2, -0.15) is 0 Å². The van der Waals surface area contributed by atoms with Gasteiger partial charge in [-0.15, -0.1) is 12.3 Å². The quantitative estimate of drug-likeness (QED) is 0.0975. The molecule has 7 rings (SSSR count). The predicted octanol–water partition coefficient (Wildman–Crippen LogP) is 7.78. The van der Waals surface area contributed by atoms with Crippen LogP contribution in [0.2, 0.25) is 0 Å². The number of carbonyl (C=O) groups is 3. The summed E-state index contributed by atoms with van der Waals surface area (Å²) in [7, 11) is 5.12. The first-order valence-corrected chi connectivity index (χ1v) is 20.6. The smallest absolute Gasteiger partial charge is 0.407 e. The van der Waals surface area contributed by atoms with Crippen LogP contribution in [0.3, 0.4) is 0 Å². The lowest BCUT2D eigenvalue weighted by molar-refractivity contribution is -0.137. The number of alkyl carbamates (subject to hydrolysis) is 1. The molecule has 12 nitrogen and oxygen atoms in total. The van der Waals surface area contributed by atoms with Gasteiger partial charge in [0.05, 0.1) is 31.6 Å². The Morgan fingerprint density at radius 1 is 1.00 bits per heavy atom. The van der Waals surface area contributed by atoms with Crippen molar-refractivity contribution in [3.8, 4) is 23.6 Å². The highest BCUT2D eigenvalue weighted by atomic mass is 16.5. The molecule has 2 aliphatic rings. The molecule has 3 aromatic carbocycles. The number of H-pyrrole nitrogens is 2. The summed E-state index contributed by atoms with van der Waals surface area (Å²) in [5.41, 5.74) is 6.12. The second kappa shape index (κ2) is 18.6. The predicted molar refractivity (Wildman–Crippen MR) is 234 cm³/mol. The number of fused-ring (bicyclic) bond motifs is 1. The van der Waals surface area contributed by atoms with Crippen molar-refractivity contribution in [2.75, 3.05) is 34.3 Å². The Balaban J connectivity index is 0.999. The van der Waals surface area contributed by atoms with E-state index < -0.39 is 18.2 Å². The largest absolute Gasteiger partial charge is 0.453 e. The molecule has 3 amide bonds. The molecule has 1 aliphatic heterocycles. The lowest BCUT2D eigenvalue weighted by Crippen LogP contribution is -2.51.